The number of aryl methyl sites for hydroxylation is 2. The number of hydrogen-bond donors (Lipinski definition) is 2. The largest absolute Gasteiger partial charge is 0.465 e. The molecule has 0 saturated heterocycles. The van der Waals surface area contributed by atoms with Crippen LogP contribution in [0.25, 0.3) is 5.65 Å². The van der Waals surface area contributed by atoms with Gasteiger partial charge < -0.3 is 10.2 Å². The van der Waals surface area contributed by atoms with Gasteiger partial charge in [0.2, 0.25) is 5.16 Å². The molecule has 1 aromatic carbocycles. The number of hydrogen-bond acceptors (Lipinski definition) is 8. The molecular formula is C16H18N6O2S. The van der Waals surface area contributed by atoms with Crippen LogP contribution in [0.4, 0.5) is 5.82 Å². The van der Waals surface area contributed by atoms with Crippen molar-refractivity contribution in [1.29, 1.82) is 0 Å². The minimum absolute atomic E-state index is 0.340. The second kappa shape index (κ2) is 7.49. The number of hydrazine groups is 1. The van der Waals surface area contributed by atoms with Crippen molar-refractivity contribution in [3.05, 3.63) is 47.3 Å². The third-order valence-electron chi connectivity index (χ3n) is 3.75. The van der Waals surface area contributed by atoms with Gasteiger partial charge >= 0.3 is 5.97 Å². The van der Waals surface area contributed by atoms with Crippen molar-refractivity contribution < 1.29 is 9.53 Å². The van der Waals surface area contributed by atoms with E-state index in [2.05, 4.69) is 20.5 Å². The predicted octanol–water partition coefficient (Wildman–Crippen LogP) is 1.70. The third kappa shape index (κ3) is 3.57. The van der Waals surface area contributed by atoms with Crippen LogP contribution in [0.15, 0.2) is 35.6 Å². The number of nitrogens with two attached hydrogens (primary N) is 1. The highest BCUT2D eigenvalue weighted by molar-refractivity contribution is 7.98. The standard InChI is InChI=1S/C16H18N6O2S/c1-24-15(23)11-5-3-4-10(8-11)6-7-12-9-18-14-13(20-17)19-16(25-2)21-22(12)14/h3-5,8-9H,6-7,17H2,1-2H3,(H,19,20,21). The van der Waals surface area contributed by atoms with Gasteiger partial charge in [0.25, 0.3) is 0 Å². The van der Waals surface area contributed by atoms with Gasteiger partial charge in [0.05, 0.1) is 24.6 Å². The molecule has 0 radical (unpaired) electrons. The van der Waals surface area contributed by atoms with Crippen LogP contribution in [-0.2, 0) is 17.6 Å². The number of benzene rings is 1. The summed E-state index contributed by atoms with van der Waals surface area (Å²) in [7, 11) is 1.37. The average molecular weight is 358 g/mol. The highest BCUT2D eigenvalue weighted by Gasteiger charge is 2.13. The van der Waals surface area contributed by atoms with Gasteiger partial charge in [-0.3, -0.25) is 0 Å². The van der Waals surface area contributed by atoms with E-state index in [9.17, 15) is 4.79 Å². The smallest absolute Gasteiger partial charge is 0.337 e. The van der Waals surface area contributed by atoms with Crippen LogP contribution in [0.5, 0.6) is 0 Å². The second-order valence-corrected chi connectivity index (χ2v) is 6.04. The molecule has 2 heterocycles. The molecule has 0 saturated carbocycles. The SMILES string of the molecule is COC(=O)c1cccc(CCc2cnc3c(NN)nc(SC)nn23)c1. The lowest BCUT2D eigenvalue weighted by atomic mass is 10.1. The Balaban J connectivity index is 1.85. The van der Waals surface area contributed by atoms with Crippen molar-refractivity contribution >= 4 is 29.2 Å². The minimum Gasteiger partial charge on any atom is -0.465 e. The molecule has 0 aliphatic carbocycles. The van der Waals surface area contributed by atoms with Crippen molar-refractivity contribution in [2.75, 3.05) is 18.8 Å². The number of nitrogen functional groups attached to an aromatic ring is 1. The van der Waals surface area contributed by atoms with Crippen LogP contribution in [0.2, 0.25) is 0 Å². The van der Waals surface area contributed by atoms with E-state index < -0.39 is 0 Å². The molecule has 9 heteroatoms. The summed E-state index contributed by atoms with van der Waals surface area (Å²) in [5.41, 5.74) is 5.66. The number of carbonyl (C=O) groups excluding carboxylic acids is 1. The first kappa shape index (κ1) is 17.2. The maximum Gasteiger partial charge on any atom is 0.337 e. The highest BCUT2D eigenvalue weighted by atomic mass is 32.2. The van der Waals surface area contributed by atoms with Crippen LogP contribution in [0.3, 0.4) is 0 Å². The normalized spacial score (nSPS) is 10.8. The van der Waals surface area contributed by atoms with E-state index in [1.807, 2.05) is 24.5 Å². The van der Waals surface area contributed by atoms with Gasteiger partial charge in [0.15, 0.2) is 11.5 Å². The van der Waals surface area contributed by atoms with E-state index in [0.29, 0.717) is 28.6 Å². The van der Waals surface area contributed by atoms with Gasteiger partial charge in [0, 0.05) is 0 Å². The van der Waals surface area contributed by atoms with E-state index in [1.165, 1.54) is 18.9 Å². The van der Waals surface area contributed by atoms with Crippen molar-refractivity contribution in [3.8, 4) is 0 Å². The maximum absolute atomic E-state index is 11.6. The van der Waals surface area contributed by atoms with Crippen LogP contribution < -0.4 is 11.3 Å². The first-order valence-corrected chi connectivity index (χ1v) is 8.81. The third-order valence-corrected chi connectivity index (χ3v) is 4.29. The second-order valence-electron chi connectivity index (χ2n) is 5.27. The molecule has 130 valence electrons. The fourth-order valence-corrected chi connectivity index (χ4v) is 2.85. The van der Waals surface area contributed by atoms with E-state index in [4.69, 9.17) is 10.6 Å². The Kier molecular flexibility index (Phi) is 5.15. The summed E-state index contributed by atoms with van der Waals surface area (Å²) in [6, 6.07) is 7.40. The quantitative estimate of drug-likeness (QED) is 0.297. The number of thioether (sulfide) groups is 1. The Labute approximate surface area is 148 Å². The molecule has 0 aliphatic heterocycles. The van der Waals surface area contributed by atoms with Gasteiger partial charge in [0.1, 0.15) is 0 Å². The van der Waals surface area contributed by atoms with E-state index in [0.717, 1.165) is 17.7 Å². The Morgan fingerprint density at radius 2 is 2.24 bits per heavy atom. The number of methoxy groups -OCH3 is 1. The van der Waals surface area contributed by atoms with Crippen LogP contribution in [0.1, 0.15) is 21.6 Å². The number of nitrogens with zero attached hydrogens (tertiary/aromatic N) is 4. The Bertz CT molecular complexity index is 911. The number of aromatic nitrogens is 4. The maximum atomic E-state index is 11.6. The fourth-order valence-electron chi connectivity index (χ4n) is 2.51. The van der Waals surface area contributed by atoms with Gasteiger partial charge in [-0.15, -0.1) is 5.10 Å². The predicted molar refractivity (Wildman–Crippen MR) is 95.6 cm³/mol. The molecule has 8 nitrogen and oxygen atoms in total. The molecule has 3 N–H and O–H groups in total. The van der Waals surface area contributed by atoms with Crippen molar-refractivity contribution in [3.63, 3.8) is 0 Å². The topological polar surface area (TPSA) is 107 Å². The number of esters is 1. The number of rotatable bonds is 6. The minimum atomic E-state index is -0.340. The van der Waals surface area contributed by atoms with Gasteiger partial charge in [-0.2, -0.15) is 4.98 Å². The Hall–Kier alpha value is -2.65. The summed E-state index contributed by atoms with van der Waals surface area (Å²) in [6.07, 6.45) is 5.11. The molecule has 0 aliphatic rings. The zero-order valence-electron chi connectivity index (χ0n) is 13.9. The monoisotopic (exact) mass is 358 g/mol. The lowest BCUT2D eigenvalue weighted by Crippen LogP contribution is -2.13. The molecule has 2 aromatic heterocycles. The molecule has 0 atom stereocenters. The number of imidazole rings is 1. The van der Waals surface area contributed by atoms with Crippen molar-refractivity contribution in [2.24, 2.45) is 5.84 Å². The lowest BCUT2D eigenvalue weighted by Gasteiger charge is -2.06. The molecule has 3 aromatic rings. The molecule has 0 unspecified atom stereocenters. The fraction of sp³-hybridized carbons (Fsp3) is 0.250. The summed E-state index contributed by atoms with van der Waals surface area (Å²) in [4.78, 5) is 20.3. The zero-order valence-corrected chi connectivity index (χ0v) is 14.7. The van der Waals surface area contributed by atoms with E-state index in [-0.39, 0.29) is 5.97 Å². The first-order chi connectivity index (χ1) is 12.2. The lowest BCUT2D eigenvalue weighted by molar-refractivity contribution is 0.0600. The summed E-state index contributed by atoms with van der Waals surface area (Å²) in [6.45, 7) is 0. The summed E-state index contributed by atoms with van der Waals surface area (Å²) in [5, 5.41) is 5.07. The van der Waals surface area contributed by atoms with E-state index >= 15 is 0 Å². The van der Waals surface area contributed by atoms with Crippen LogP contribution >= 0.6 is 11.8 Å². The summed E-state index contributed by atoms with van der Waals surface area (Å²) >= 11 is 1.43. The van der Waals surface area contributed by atoms with Crippen LogP contribution in [-0.4, -0.2) is 38.9 Å². The number of ether oxygens (including phenoxy) is 1. The number of nitrogens with one attached hydrogen (secondary N) is 1. The Morgan fingerprint density at radius 1 is 1.40 bits per heavy atom. The number of fused-ring (bicyclic) bond motifs is 1. The summed E-state index contributed by atoms with van der Waals surface area (Å²) < 4.78 is 6.51. The van der Waals surface area contributed by atoms with Gasteiger partial charge in [-0.1, -0.05) is 23.9 Å². The molecule has 0 bridgehead atoms. The molecule has 0 fully saturated rings. The molecular weight excluding hydrogens is 340 g/mol. The molecule has 25 heavy (non-hydrogen) atoms. The summed E-state index contributed by atoms with van der Waals surface area (Å²) in [5.74, 6) is 5.67. The molecule has 3 rings (SSSR count). The van der Waals surface area contributed by atoms with Gasteiger partial charge in [-0.05, 0) is 36.8 Å². The number of carbonyl (C=O) groups is 1. The van der Waals surface area contributed by atoms with Crippen molar-refractivity contribution in [1.82, 2.24) is 19.6 Å². The average Bonchev–Trinajstić information content (AvgIpc) is 3.08. The van der Waals surface area contributed by atoms with Crippen molar-refractivity contribution in [2.45, 2.75) is 18.0 Å². The number of anilines is 1. The van der Waals surface area contributed by atoms with E-state index in [1.54, 1.807) is 16.8 Å². The van der Waals surface area contributed by atoms with Gasteiger partial charge in [-0.25, -0.2) is 20.1 Å². The Morgan fingerprint density at radius 3 is 2.96 bits per heavy atom. The zero-order chi connectivity index (χ0) is 17.8. The molecule has 0 amide bonds. The first-order valence-electron chi connectivity index (χ1n) is 7.58. The van der Waals surface area contributed by atoms with Crippen LogP contribution in [0, 0.1) is 0 Å². The highest BCUT2D eigenvalue weighted by Crippen LogP contribution is 2.18. The molecule has 0 spiro atoms.